The number of amides is 1. The number of hydrogen-bond donors (Lipinski definition) is 1. The zero-order valence-corrected chi connectivity index (χ0v) is 18.2. The van der Waals surface area contributed by atoms with E-state index in [1.807, 2.05) is 62.4 Å². The lowest BCUT2D eigenvalue weighted by molar-refractivity contribution is -0.118. The van der Waals surface area contributed by atoms with Gasteiger partial charge in [-0.2, -0.15) is 4.80 Å². The van der Waals surface area contributed by atoms with Crippen molar-refractivity contribution in [1.82, 2.24) is 15.0 Å². The van der Waals surface area contributed by atoms with Gasteiger partial charge in [0.2, 0.25) is 0 Å². The lowest BCUT2D eigenvalue weighted by Crippen LogP contribution is -2.20. The smallest absolute Gasteiger partial charge is 0.262 e. The largest absolute Gasteiger partial charge is 0.483 e. The number of hydrogen-bond acceptors (Lipinski definition) is 4. The number of ether oxygens (including phenoxy) is 1. The molecular weight excluding hydrogens is 388 g/mol. The van der Waals surface area contributed by atoms with Gasteiger partial charge in [-0.3, -0.25) is 4.79 Å². The lowest BCUT2D eigenvalue weighted by Gasteiger charge is -2.14. The second kappa shape index (κ2) is 8.60. The third-order valence-electron chi connectivity index (χ3n) is 5.08. The maximum atomic E-state index is 12.5. The van der Waals surface area contributed by atoms with Gasteiger partial charge in [0.1, 0.15) is 16.8 Å². The Balaban J connectivity index is 1.45. The molecule has 0 saturated heterocycles. The molecule has 4 rings (SSSR count). The highest BCUT2D eigenvalue weighted by Gasteiger charge is 2.12. The van der Waals surface area contributed by atoms with Crippen molar-refractivity contribution in [2.75, 3.05) is 11.9 Å². The SMILES string of the molecule is Cc1ccc(-n2nc3ccc(NC(=O)COc4cc(C)ccc4C(C)C)cc3n2)cc1. The van der Waals surface area contributed by atoms with Crippen molar-refractivity contribution >= 4 is 22.6 Å². The summed E-state index contributed by atoms with van der Waals surface area (Å²) in [4.78, 5) is 14.1. The first-order valence-electron chi connectivity index (χ1n) is 10.4. The summed E-state index contributed by atoms with van der Waals surface area (Å²) in [6.45, 7) is 8.21. The molecular formula is C25H26N4O2. The molecule has 0 spiro atoms. The number of carbonyl (C=O) groups excluding carboxylic acids is 1. The third kappa shape index (κ3) is 4.74. The van der Waals surface area contributed by atoms with Crippen molar-refractivity contribution in [3.8, 4) is 11.4 Å². The number of anilines is 1. The average molecular weight is 415 g/mol. The Morgan fingerprint density at radius 3 is 2.39 bits per heavy atom. The molecule has 1 aromatic heterocycles. The highest BCUT2D eigenvalue weighted by molar-refractivity contribution is 5.93. The molecule has 0 aliphatic heterocycles. The Labute approximate surface area is 181 Å². The summed E-state index contributed by atoms with van der Waals surface area (Å²) < 4.78 is 5.83. The van der Waals surface area contributed by atoms with E-state index >= 15 is 0 Å². The van der Waals surface area contributed by atoms with E-state index in [9.17, 15) is 4.79 Å². The molecule has 1 heterocycles. The van der Waals surface area contributed by atoms with Gasteiger partial charge in [0.05, 0.1) is 5.69 Å². The predicted octanol–water partition coefficient (Wildman–Crippen LogP) is 5.18. The Hall–Kier alpha value is -3.67. The first-order valence-corrected chi connectivity index (χ1v) is 10.4. The molecule has 0 unspecified atom stereocenters. The topological polar surface area (TPSA) is 69.0 Å². The molecule has 1 amide bonds. The van der Waals surface area contributed by atoms with Gasteiger partial charge in [-0.1, -0.05) is 43.7 Å². The number of benzene rings is 3. The number of fused-ring (bicyclic) bond motifs is 1. The third-order valence-corrected chi connectivity index (χ3v) is 5.08. The Bertz CT molecular complexity index is 1230. The highest BCUT2D eigenvalue weighted by Crippen LogP contribution is 2.27. The summed E-state index contributed by atoms with van der Waals surface area (Å²) in [7, 11) is 0. The van der Waals surface area contributed by atoms with Crippen LogP contribution in [0.3, 0.4) is 0 Å². The van der Waals surface area contributed by atoms with Gasteiger partial charge in [-0.05, 0) is 67.3 Å². The van der Waals surface area contributed by atoms with Crippen LogP contribution in [0.1, 0.15) is 36.5 Å². The molecule has 4 aromatic rings. The second-order valence-electron chi connectivity index (χ2n) is 8.06. The van der Waals surface area contributed by atoms with Crippen LogP contribution in [0.2, 0.25) is 0 Å². The van der Waals surface area contributed by atoms with Crippen molar-refractivity contribution in [3.63, 3.8) is 0 Å². The van der Waals surface area contributed by atoms with Crippen LogP contribution in [0.15, 0.2) is 60.7 Å². The molecule has 0 atom stereocenters. The fraction of sp³-hybridized carbons (Fsp3) is 0.240. The minimum atomic E-state index is -0.221. The van der Waals surface area contributed by atoms with Crippen LogP contribution in [0.25, 0.3) is 16.7 Å². The fourth-order valence-electron chi connectivity index (χ4n) is 3.37. The summed E-state index contributed by atoms with van der Waals surface area (Å²) in [6, 6.07) is 19.6. The summed E-state index contributed by atoms with van der Waals surface area (Å²) in [5, 5.41) is 11.9. The van der Waals surface area contributed by atoms with Gasteiger partial charge >= 0.3 is 0 Å². The van der Waals surface area contributed by atoms with Gasteiger partial charge in [-0.25, -0.2) is 0 Å². The van der Waals surface area contributed by atoms with E-state index in [-0.39, 0.29) is 12.5 Å². The molecule has 31 heavy (non-hydrogen) atoms. The van der Waals surface area contributed by atoms with Crippen LogP contribution in [0.5, 0.6) is 5.75 Å². The van der Waals surface area contributed by atoms with E-state index in [0.29, 0.717) is 17.1 Å². The van der Waals surface area contributed by atoms with E-state index < -0.39 is 0 Å². The van der Waals surface area contributed by atoms with Crippen LogP contribution >= 0.6 is 0 Å². The summed E-state index contributed by atoms with van der Waals surface area (Å²) in [5.41, 5.74) is 6.38. The fourth-order valence-corrected chi connectivity index (χ4v) is 3.37. The second-order valence-corrected chi connectivity index (χ2v) is 8.06. The Kier molecular flexibility index (Phi) is 5.71. The number of rotatable bonds is 6. The maximum Gasteiger partial charge on any atom is 0.262 e. The summed E-state index contributed by atoms with van der Waals surface area (Å²) in [6.07, 6.45) is 0. The quantitative estimate of drug-likeness (QED) is 0.472. The van der Waals surface area contributed by atoms with Gasteiger partial charge in [0, 0.05) is 5.69 Å². The number of aryl methyl sites for hydroxylation is 2. The highest BCUT2D eigenvalue weighted by atomic mass is 16.5. The molecule has 1 N–H and O–H groups in total. The number of nitrogens with zero attached hydrogens (tertiary/aromatic N) is 3. The van der Waals surface area contributed by atoms with Crippen molar-refractivity contribution in [3.05, 3.63) is 77.4 Å². The molecule has 3 aromatic carbocycles. The van der Waals surface area contributed by atoms with E-state index in [2.05, 4.69) is 41.5 Å². The first kappa shape index (κ1) is 20.6. The van der Waals surface area contributed by atoms with Gasteiger partial charge in [0.15, 0.2) is 6.61 Å². The van der Waals surface area contributed by atoms with Crippen LogP contribution in [0, 0.1) is 13.8 Å². The van der Waals surface area contributed by atoms with E-state index in [4.69, 9.17) is 4.74 Å². The Morgan fingerprint density at radius 1 is 0.935 bits per heavy atom. The van der Waals surface area contributed by atoms with Crippen molar-refractivity contribution in [2.45, 2.75) is 33.6 Å². The van der Waals surface area contributed by atoms with Gasteiger partial charge < -0.3 is 10.1 Å². The van der Waals surface area contributed by atoms with Crippen LogP contribution in [0.4, 0.5) is 5.69 Å². The lowest BCUT2D eigenvalue weighted by atomic mass is 10.0. The van der Waals surface area contributed by atoms with Crippen molar-refractivity contribution < 1.29 is 9.53 Å². The molecule has 158 valence electrons. The molecule has 0 radical (unpaired) electrons. The van der Waals surface area contributed by atoms with E-state index in [1.54, 1.807) is 4.80 Å². The van der Waals surface area contributed by atoms with Crippen LogP contribution in [-0.4, -0.2) is 27.5 Å². The molecule has 0 aliphatic carbocycles. The van der Waals surface area contributed by atoms with E-state index in [0.717, 1.165) is 28.1 Å². The number of nitrogens with one attached hydrogen (secondary N) is 1. The van der Waals surface area contributed by atoms with Crippen LogP contribution < -0.4 is 10.1 Å². The van der Waals surface area contributed by atoms with Gasteiger partial charge in [0.25, 0.3) is 5.91 Å². The molecule has 6 heteroatoms. The van der Waals surface area contributed by atoms with Crippen LogP contribution in [-0.2, 0) is 4.79 Å². The van der Waals surface area contributed by atoms with Gasteiger partial charge in [-0.15, -0.1) is 10.2 Å². The molecule has 0 fully saturated rings. The normalized spacial score (nSPS) is 11.1. The summed E-state index contributed by atoms with van der Waals surface area (Å²) in [5.74, 6) is 0.848. The van der Waals surface area contributed by atoms with Crippen molar-refractivity contribution in [1.29, 1.82) is 0 Å². The monoisotopic (exact) mass is 414 g/mol. The maximum absolute atomic E-state index is 12.5. The average Bonchev–Trinajstić information content (AvgIpc) is 3.16. The minimum Gasteiger partial charge on any atom is -0.483 e. The zero-order valence-electron chi connectivity index (χ0n) is 18.2. The summed E-state index contributed by atoms with van der Waals surface area (Å²) >= 11 is 0. The Morgan fingerprint density at radius 2 is 1.65 bits per heavy atom. The van der Waals surface area contributed by atoms with E-state index in [1.165, 1.54) is 5.56 Å². The zero-order chi connectivity index (χ0) is 22.0. The first-order chi connectivity index (χ1) is 14.9. The molecule has 0 aliphatic rings. The van der Waals surface area contributed by atoms with Crippen molar-refractivity contribution in [2.24, 2.45) is 0 Å². The predicted molar refractivity (Wildman–Crippen MR) is 123 cm³/mol. The minimum absolute atomic E-state index is 0.0583. The molecule has 6 nitrogen and oxygen atoms in total. The molecule has 0 bridgehead atoms. The number of aromatic nitrogens is 3. The number of carbonyl (C=O) groups is 1. The standard InChI is InChI=1S/C25H26N4O2/c1-16(2)21-11-7-18(4)13-24(21)31-15-25(30)26-19-8-12-22-23(14-19)28-29(27-22)20-9-5-17(3)6-10-20/h5-14,16H,15H2,1-4H3,(H,26,30). The molecule has 0 saturated carbocycles.